The molecule has 3 rings (SSSR count). The van der Waals surface area contributed by atoms with Gasteiger partial charge in [-0.25, -0.2) is 8.78 Å². The fourth-order valence-electron chi connectivity index (χ4n) is 3.85. The summed E-state index contributed by atoms with van der Waals surface area (Å²) in [6, 6.07) is 8.16. The topological polar surface area (TPSA) is 114 Å². The summed E-state index contributed by atoms with van der Waals surface area (Å²) in [7, 11) is 3.66. The highest BCUT2D eigenvalue weighted by Crippen LogP contribution is 2.20. The normalized spacial score (nSPS) is 18.2. The number of hydrogen-bond acceptors (Lipinski definition) is 4. The summed E-state index contributed by atoms with van der Waals surface area (Å²) in [6.45, 7) is 3.06. The summed E-state index contributed by atoms with van der Waals surface area (Å²) in [5.41, 5.74) is 7.82. The Labute approximate surface area is 193 Å². The second-order valence-corrected chi connectivity index (χ2v) is 8.14. The first-order valence-corrected chi connectivity index (χ1v) is 11.1. The van der Waals surface area contributed by atoms with Crippen LogP contribution in [0.5, 0.6) is 0 Å². The van der Waals surface area contributed by atoms with Crippen molar-refractivity contribution in [1.29, 1.82) is 5.41 Å². The number of rotatable bonds is 7. The number of nitrogens with zero attached hydrogens (tertiary/aromatic N) is 3. The van der Waals surface area contributed by atoms with Crippen LogP contribution in [-0.2, 0) is 11.2 Å². The van der Waals surface area contributed by atoms with E-state index in [0.29, 0.717) is 25.4 Å². The van der Waals surface area contributed by atoms with E-state index in [9.17, 15) is 13.6 Å². The van der Waals surface area contributed by atoms with Crippen LogP contribution in [-0.4, -0.2) is 85.1 Å². The zero-order valence-corrected chi connectivity index (χ0v) is 19.5. The molecule has 1 fully saturated rings. The van der Waals surface area contributed by atoms with Crippen molar-refractivity contribution in [2.45, 2.75) is 44.7 Å². The molecule has 2 aromatic rings. The summed E-state index contributed by atoms with van der Waals surface area (Å²) < 4.78 is 25.4. The van der Waals surface area contributed by atoms with E-state index in [1.54, 1.807) is 11.9 Å². The largest absolute Gasteiger partial charge is 0.381 e. The first-order chi connectivity index (χ1) is 15.8. The van der Waals surface area contributed by atoms with E-state index in [2.05, 4.69) is 59.7 Å². The second-order valence-electron chi connectivity index (χ2n) is 8.14. The van der Waals surface area contributed by atoms with Gasteiger partial charge in [-0.15, -0.1) is 0 Å². The van der Waals surface area contributed by atoms with Crippen LogP contribution in [0.25, 0.3) is 10.9 Å². The van der Waals surface area contributed by atoms with Crippen LogP contribution in [0.2, 0.25) is 0 Å². The molecule has 1 aliphatic rings. The molecule has 2 heterocycles. The highest BCUT2D eigenvalue weighted by molar-refractivity contribution is 6.28. The van der Waals surface area contributed by atoms with Gasteiger partial charge in [0.05, 0.1) is 6.04 Å². The van der Waals surface area contributed by atoms with Crippen LogP contribution < -0.4 is 11.1 Å². The van der Waals surface area contributed by atoms with Gasteiger partial charge < -0.3 is 20.9 Å². The Morgan fingerprint density at radius 3 is 2.76 bits per heavy atom. The van der Waals surface area contributed by atoms with Crippen LogP contribution in [0.3, 0.4) is 0 Å². The molecule has 5 N–H and O–H groups in total. The van der Waals surface area contributed by atoms with E-state index in [-0.39, 0.29) is 18.3 Å². The molecule has 1 aromatic heterocycles. The minimum absolute atomic E-state index is 0.00262. The lowest BCUT2D eigenvalue weighted by Gasteiger charge is -2.38. The van der Waals surface area contributed by atoms with E-state index >= 15 is 0 Å². The lowest BCUT2D eigenvalue weighted by atomic mass is 10.0. The first kappa shape index (κ1) is 26.4. The quantitative estimate of drug-likeness (QED) is 0.286. The summed E-state index contributed by atoms with van der Waals surface area (Å²) in [5, 5.41) is 12.3. The minimum Gasteiger partial charge on any atom is -0.381 e. The number of aromatic amines is 1. The molecule has 0 bridgehead atoms. The van der Waals surface area contributed by atoms with Crippen molar-refractivity contribution in [3.8, 4) is 0 Å². The SMILES string of the molecule is CCCC(Cc1c[nH]c2ccccc12)NC.CN1CCN(C(=N)/N=C(\N)C=O)CC1C(F)F. The molecule has 0 aliphatic carbocycles. The molecule has 182 valence electrons. The van der Waals surface area contributed by atoms with Crippen molar-refractivity contribution in [3.63, 3.8) is 0 Å². The van der Waals surface area contributed by atoms with Crippen LogP contribution in [0.1, 0.15) is 25.3 Å². The van der Waals surface area contributed by atoms with Crippen LogP contribution in [0.4, 0.5) is 8.78 Å². The number of fused-ring (bicyclic) bond motifs is 1. The number of benzene rings is 1. The van der Waals surface area contributed by atoms with E-state index in [1.807, 2.05) is 0 Å². The third-order valence-corrected chi connectivity index (χ3v) is 5.83. The molecular weight excluding hydrogens is 428 g/mol. The number of aldehydes is 1. The average molecular weight is 464 g/mol. The second kappa shape index (κ2) is 13.0. The zero-order valence-electron chi connectivity index (χ0n) is 19.5. The van der Waals surface area contributed by atoms with E-state index in [4.69, 9.17) is 11.1 Å². The fourth-order valence-corrected chi connectivity index (χ4v) is 3.85. The number of halogens is 2. The molecule has 2 unspecified atom stereocenters. The van der Waals surface area contributed by atoms with Crippen LogP contribution in [0, 0.1) is 5.41 Å². The number of piperazine rings is 1. The Hall–Kier alpha value is -2.85. The molecule has 1 aromatic carbocycles. The van der Waals surface area contributed by atoms with Gasteiger partial charge in [-0.1, -0.05) is 31.5 Å². The van der Waals surface area contributed by atoms with Crippen molar-refractivity contribution in [1.82, 2.24) is 20.1 Å². The van der Waals surface area contributed by atoms with E-state index in [1.165, 1.54) is 34.2 Å². The predicted octanol–water partition coefficient (Wildman–Crippen LogP) is 2.46. The van der Waals surface area contributed by atoms with Crippen LogP contribution >= 0.6 is 0 Å². The van der Waals surface area contributed by atoms with Gasteiger partial charge in [0.25, 0.3) is 6.43 Å². The molecule has 1 saturated heterocycles. The molecule has 2 atom stereocenters. The van der Waals surface area contributed by atoms with Gasteiger partial charge in [-0.05, 0) is 38.6 Å². The fraction of sp³-hybridized carbons (Fsp3) is 0.522. The number of nitrogens with two attached hydrogens (primary N) is 1. The van der Waals surface area contributed by atoms with Gasteiger partial charge in [0.15, 0.2) is 12.1 Å². The molecule has 0 amide bonds. The van der Waals surface area contributed by atoms with Crippen LogP contribution in [0.15, 0.2) is 35.5 Å². The molecule has 10 heteroatoms. The maximum Gasteiger partial charge on any atom is 0.255 e. The number of amidine groups is 1. The Balaban J connectivity index is 0.000000234. The van der Waals surface area contributed by atoms with Crippen molar-refractivity contribution in [2.75, 3.05) is 33.7 Å². The van der Waals surface area contributed by atoms with Crippen molar-refractivity contribution in [2.24, 2.45) is 10.7 Å². The van der Waals surface area contributed by atoms with Gasteiger partial charge in [0.2, 0.25) is 5.96 Å². The molecule has 33 heavy (non-hydrogen) atoms. The van der Waals surface area contributed by atoms with Crippen molar-refractivity contribution in [3.05, 3.63) is 36.0 Å². The maximum atomic E-state index is 12.7. The Morgan fingerprint density at radius 1 is 1.39 bits per heavy atom. The van der Waals surface area contributed by atoms with Gasteiger partial charge in [0.1, 0.15) is 0 Å². The number of nitrogens with one attached hydrogen (secondary N) is 3. The van der Waals surface area contributed by atoms with Gasteiger partial charge in [0, 0.05) is 42.8 Å². The van der Waals surface area contributed by atoms with Crippen molar-refractivity contribution < 1.29 is 13.6 Å². The Bertz CT molecular complexity index is 930. The number of likely N-dealkylation sites (N-methyl/N-ethyl adjacent to an activating group) is 2. The number of aliphatic imine (C=N–C) groups is 1. The molecule has 0 spiro atoms. The standard InChI is InChI=1S/C14H20N2.C9H15F2N5O/c1-3-6-12(15-2)9-11-10-16-14-8-5-4-7-13(11)14;1-15-2-3-16(4-6(15)8(10)11)9(13)14-7(12)5-17/h4-5,7-8,10,12,15-16H,3,6,9H2,1-2H3;5-6,8H,2-4H2,1H3,(H3,12,13,14). The van der Waals surface area contributed by atoms with Gasteiger partial charge in [-0.2, -0.15) is 4.99 Å². The van der Waals surface area contributed by atoms with E-state index in [0.717, 1.165) is 6.42 Å². The lowest BCUT2D eigenvalue weighted by Crippen LogP contribution is -2.55. The van der Waals surface area contributed by atoms with E-state index < -0.39 is 12.5 Å². The molecule has 0 radical (unpaired) electrons. The molecule has 0 saturated carbocycles. The first-order valence-electron chi connectivity index (χ1n) is 11.1. The Kier molecular flexibility index (Phi) is 10.4. The predicted molar refractivity (Wildman–Crippen MR) is 129 cm³/mol. The summed E-state index contributed by atoms with van der Waals surface area (Å²) >= 11 is 0. The maximum absolute atomic E-state index is 12.7. The molecular formula is C23H35F2N7O. The number of hydrogen-bond donors (Lipinski definition) is 4. The summed E-state index contributed by atoms with van der Waals surface area (Å²) in [6.07, 6.45) is 3.54. The summed E-state index contributed by atoms with van der Waals surface area (Å²) in [5.74, 6) is -0.587. The Morgan fingerprint density at radius 2 is 2.12 bits per heavy atom. The third-order valence-electron chi connectivity index (χ3n) is 5.83. The highest BCUT2D eigenvalue weighted by Gasteiger charge is 2.32. The zero-order chi connectivity index (χ0) is 24.4. The molecule has 8 nitrogen and oxygen atoms in total. The third kappa shape index (κ3) is 7.61. The summed E-state index contributed by atoms with van der Waals surface area (Å²) in [4.78, 5) is 20.0. The van der Waals surface area contributed by atoms with Gasteiger partial charge >= 0.3 is 0 Å². The number of aromatic nitrogens is 1. The highest BCUT2D eigenvalue weighted by atomic mass is 19.3. The number of guanidine groups is 1. The monoisotopic (exact) mass is 463 g/mol. The number of para-hydroxylation sites is 1. The number of carbonyl (C=O) groups is 1. The minimum atomic E-state index is -2.48. The van der Waals surface area contributed by atoms with Gasteiger partial charge in [-0.3, -0.25) is 15.1 Å². The number of H-pyrrole nitrogens is 1. The molecule has 1 aliphatic heterocycles. The smallest absolute Gasteiger partial charge is 0.255 e. The van der Waals surface area contributed by atoms with Crippen molar-refractivity contribution >= 4 is 29.0 Å². The lowest BCUT2D eigenvalue weighted by molar-refractivity contribution is -0.102. The number of carbonyl (C=O) groups excluding carboxylic acids is 1. The average Bonchev–Trinajstić information content (AvgIpc) is 3.22. The number of alkyl halides is 2.